The Bertz CT molecular complexity index is 1740. The first kappa shape index (κ1) is 32.8. The first-order valence-electron chi connectivity index (χ1n) is 16.7. The van der Waals surface area contributed by atoms with Gasteiger partial charge in [0, 0.05) is 6.07 Å². The molecular weight excluding hydrogens is 595 g/mol. The number of hydrogen-bond acceptors (Lipinski definition) is 1. The van der Waals surface area contributed by atoms with E-state index in [0.29, 0.717) is 5.56 Å². The molecule has 3 nitrogen and oxygen atoms in total. The van der Waals surface area contributed by atoms with Crippen LogP contribution < -0.4 is 4.57 Å². The quantitative estimate of drug-likeness (QED) is 0.115. The Hall–Kier alpha value is -6.08. The largest absolute Gasteiger partial charge is 0.628 e. The van der Waals surface area contributed by atoms with Gasteiger partial charge >= 0.3 is 0 Å². The molecule has 0 amide bonds. The highest BCUT2D eigenvalue weighted by atomic mass is 15.1. The second kappa shape index (κ2) is 15.7. The number of rotatable bonds is 9. The summed E-state index contributed by atoms with van der Waals surface area (Å²) in [7, 11) is 0. The highest BCUT2D eigenvalue weighted by Crippen LogP contribution is 2.55. The van der Waals surface area contributed by atoms with Crippen molar-refractivity contribution in [3.8, 4) is 6.07 Å². The molecule has 7 aromatic rings. The van der Waals surface area contributed by atoms with Gasteiger partial charge in [0.05, 0.1) is 0 Å². The molecule has 0 N–H and O–H groups in total. The van der Waals surface area contributed by atoms with E-state index in [1.807, 2.05) is 30.0 Å². The molecule has 0 spiro atoms. The zero-order valence-corrected chi connectivity index (χ0v) is 27.7. The topological polar surface area (TPSA) is 41.8 Å². The van der Waals surface area contributed by atoms with E-state index in [-0.39, 0.29) is 0 Å². The molecule has 3 heteroatoms. The molecule has 0 fully saturated rings. The Labute approximate surface area is 290 Å². The summed E-state index contributed by atoms with van der Waals surface area (Å²) in [5.41, 5.74) is 5.83. The normalized spacial score (nSPS) is 11.1. The lowest BCUT2D eigenvalue weighted by atomic mass is 9.70. The molecule has 0 aliphatic heterocycles. The Kier molecular flexibility index (Phi) is 10.5. The smallest absolute Gasteiger partial charge is 0.186 e. The number of aryl methyl sites for hydroxylation is 1. The first-order chi connectivity index (χ1) is 24.2. The summed E-state index contributed by atoms with van der Waals surface area (Å²) in [5, 5.41) is 14.7. The van der Waals surface area contributed by atoms with Crippen LogP contribution in [0.3, 0.4) is 0 Å². The second-order valence-electron chi connectivity index (χ2n) is 11.8. The highest BCUT2D eigenvalue weighted by molar-refractivity contribution is 5.64. The van der Waals surface area contributed by atoms with Crippen LogP contribution in [0.15, 0.2) is 207 Å². The minimum Gasteiger partial charge on any atom is -0.628 e. The van der Waals surface area contributed by atoms with Gasteiger partial charge in [-0.15, -0.1) is 0 Å². The average Bonchev–Trinajstić information content (AvgIpc) is 3.21. The standard InChI is InChI=1S/C38H30N.C8H9N2/c1-7-19-31(20-8-1)37(32-21-9-2-10-22-32,33-23-11-3-12-24-33)39-38(34-25-13-4-14-26-34,35-27-15-5-16-28-35)36-29-17-6-18-30-36;1-2-10-5-3-4-8(6-9)7-10/h1-30H;3-5,7H,2H2,1H3/q-1;+1. The van der Waals surface area contributed by atoms with E-state index in [4.69, 9.17) is 10.6 Å². The van der Waals surface area contributed by atoms with Crippen LogP contribution >= 0.6 is 0 Å². The molecule has 7 rings (SSSR count). The Morgan fingerprint density at radius 2 is 0.735 bits per heavy atom. The summed E-state index contributed by atoms with van der Waals surface area (Å²) in [5.74, 6) is 0. The predicted molar refractivity (Wildman–Crippen MR) is 199 cm³/mol. The molecule has 0 saturated carbocycles. The lowest BCUT2D eigenvalue weighted by Gasteiger charge is -2.60. The lowest BCUT2D eigenvalue weighted by molar-refractivity contribution is -0.693. The van der Waals surface area contributed by atoms with E-state index in [1.165, 1.54) is 0 Å². The molecule has 238 valence electrons. The van der Waals surface area contributed by atoms with Crippen LogP contribution in [0, 0.1) is 11.3 Å². The summed E-state index contributed by atoms with van der Waals surface area (Å²) in [6.07, 6.45) is 3.78. The van der Waals surface area contributed by atoms with Crippen molar-refractivity contribution < 1.29 is 4.57 Å². The molecular formula is C46H39N3. The minimum absolute atomic E-state index is 0.712. The summed E-state index contributed by atoms with van der Waals surface area (Å²) in [4.78, 5) is 0. The van der Waals surface area contributed by atoms with Crippen molar-refractivity contribution in [2.24, 2.45) is 0 Å². The summed E-state index contributed by atoms with van der Waals surface area (Å²) >= 11 is 0. The fourth-order valence-corrected chi connectivity index (χ4v) is 6.50. The van der Waals surface area contributed by atoms with Crippen LogP contribution in [-0.4, -0.2) is 0 Å². The van der Waals surface area contributed by atoms with Crippen LogP contribution in [0.1, 0.15) is 45.9 Å². The molecule has 1 aromatic heterocycles. The zero-order valence-electron chi connectivity index (χ0n) is 27.7. The summed E-state index contributed by atoms with van der Waals surface area (Å²) in [6, 6.07) is 70.0. The molecule has 0 aliphatic rings. The number of hydrogen-bond donors (Lipinski definition) is 0. The van der Waals surface area contributed by atoms with Crippen molar-refractivity contribution >= 4 is 0 Å². The van der Waals surface area contributed by atoms with Crippen molar-refractivity contribution in [1.29, 1.82) is 5.26 Å². The molecule has 6 aromatic carbocycles. The van der Waals surface area contributed by atoms with E-state index in [0.717, 1.165) is 39.9 Å². The molecule has 0 saturated heterocycles. The maximum atomic E-state index is 8.49. The van der Waals surface area contributed by atoms with Crippen LogP contribution in [0.25, 0.3) is 5.32 Å². The van der Waals surface area contributed by atoms with Gasteiger partial charge in [-0.3, -0.25) is 0 Å². The number of aromatic nitrogens is 1. The second-order valence-corrected chi connectivity index (χ2v) is 11.8. The zero-order chi connectivity index (χ0) is 33.8. The van der Waals surface area contributed by atoms with Gasteiger partial charge in [0.2, 0.25) is 0 Å². The molecule has 0 radical (unpaired) electrons. The van der Waals surface area contributed by atoms with Crippen LogP contribution in [0.5, 0.6) is 0 Å². The number of nitriles is 1. The van der Waals surface area contributed by atoms with Gasteiger partial charge in [-0.1, -0.05) is 215 Å². The third-order valence-electron chi connectivity index (χ3n) is 8.84. The third kappa shape index (κ3) is 6.97. The maximum Gasteiger partial charge on any atom is 0.186 e. The molecule has 0 unspecified atom stereocenters. The fraction of sp³-hybridized carbons (Fsp3) is 0.0870. The molecule has 1 heterocycles. The van der Waals surface area contributed by atoms with Crippen molar-refractivity contribution in [1.82, 2.24) is 0 Å². The molecule has 0 aliphatic carbocycles. The van der Waals surface area contributed by atoms with E-state index in [1.54, 1.807) is 6.07 Å². The number of pyridine rings is 1. The van der Waals surface area contributed by atoms with Crippen molar-refractivity contribution in [3.63, 3.8) is 0 Å². The summed E-state index contributed by atoms with van der Waals surface area (Å²) < 4.78 is 1.97. The van der Waals surface area contributed by atoms with Gasteiger partial charge in [-0.05, 0) is 24.1 Å². The van der Waals surface area contributed by atoms with Crippen LogP contribution in [-0.2, 0) is 17.6 Å². The average molecular weight is 634 g/mol. The minimum atomic E-state index is -0.800. The number of nitrogens with zero attached hydrogens (tertiary/aromatic N) is 3. The van der Waals surface area contributed by atoms with Gasteiger partial charge in [0.25, 0.3) is 0 Å². The number of benzene rings is 6. The van der Waals surface area contributed by atoms with Crippen molar-refractivity contribution in [2.45, 2.75) is 24.5 Å². The Balaban J connectivity index is 0.000000359. The maximum absolute atomic E-state index is 8.49. The molecule has 0 bridgehead atoms. The van der Waals surface area contributed by atoms with Crippen molar-refractivity contribution in [2.75, 3.05) is 0 Å². The molecule has 49 heavy (non-hydrogen) atoms. The van der Waals surface area contributed by atoms with E-state index in [2.05, 4.69) is 188 Å². The highest BCUT2D eigenvalue weighted by Gasteiger charge is 2.36. The Morgan fingerprint density at radius 1 is 0.449 bits per heavy atom. The van der Waals surface area contributed by atoms with Gasteiger partial charge in [0.15, 0.2) is 12.4 Å². The third-order valence-corrected chi connectivity index (χ3v) is 8.84. The summed E-state index contributed by atoms with van der Waals surface area (Å²) in [6.45, 7) is 2.96. The van der Waals surface area contributed by atoms with Crippen molar-refractivity contribution in [3.05, 3.63) is 251 Å². The van der Waals surface area contributed by atoms with Gasteiger partial charge in [-0.25, -0.2) is 4.57 Å². The van der Waals surface area contributed by atoms with Gasteiger partial charge < -0.3 is 5.32 Å². The van der Waals surface area contributed by atoms with Gasteiger partial charge in [0.1, 0.15) is 18.2 Å². The predicted octanol–water partition coefficient (Wildman–Crippen LogP) is 10.2. The van der Waals surface area contributed by atoms with E-state index in [9.17, 15) is 0 Å². The van der Waals surface area contributed by atoms with E-state index < -0.39 is 11.1 Å². The monoisotopic (exact) mass is 633 g/mol. The first-order valence-corrected chi connectivity index (χ1v) is 16.7. The SMILES string of the molecule is CC[n+]1cccc(C#N)c1.c1ccc(C([N-]C(c2ccccc2)(c2ccccc2)c2ccccc2)(c2ccccc2)c2ccccc2)cc1. The van der Waals surface area contributed by atoms with Gasteiger partial charge in [-0.2, -0.15) is 5.26 Å². The van der Waals surface area contributed by atoms with Crippen LogP contribution in [0.2, 0.25) is 0 Å². The Morgan fingerprint density at radius 3 is 0.980 bits per heavy atom. The molecule has 0 atom stereocenters. The fourth-order valence-electron chi connectivity index (χ4n) is 6.50. The van der Waals surface area contributed by atoms with Crippen LogP contribution in [0.4, 0.5) is 0 Å². The van der Waals surface area contributed by atoms with E-state index >= 15 is 0 Å². The lowest BCUT2D eigenvalue weighted by Crippen LogP contribution is -2.39.